The Balaban J connectivity index is 3.09. The maximum Gasteiger partial charge on any atom is 0.241 e. The van der Waals surface area contributed by atoms with E-state index in [1.165, 1.54) is 18.2 Å². The highest BCUT2D eigenvalue weighted by molar-refractivity contribution is 7.89. The summed E-state index contributed by atoms with van der Waals surface area (Å²) in [5.74, 6) is 0. The quantitative estimate of drug-likeness (QED) is 0.755. The SMILES string of the molecule is C=CC(C)NS(=O)(=O)c1ccc(S(N)(=O)=O)cc1. The molecule has 0 radical (unpaired) electrons. The number of nitrogens with one attached hydrogen (secondary N) is 1. The Labute approximate surface area is 107 Å². The van der Waals surface area contributed by atoms with E-state index >= 15 is 0 Å². The highest BCUT2D eigenvalue weighted by atomic mass is 32.2. The van der Waals surface area contributed by atoms with Gasteiger partial charge in [0.2, 0.25) is 20.0 Å². The minimum atomic E-state index is -3.82. The van der Waals surface area contributed by atoms with Crippen molar-refractivity contribution >= 4 is 20.0 Å². The molecule has 6 nitrogen and oxygen atoms in total. The molecule has 3 N–H and O–H groups in total. The molecule has 1 aromatic carbocycles. The Kier molecular flexibility index (Phi) is 4.28. The molecule has 0 aliphatic heterocycles. The van der Waals surface area contributed by atoms with Crippen molar-refractivity contribution in [3.8, 4) is 0 Å². The molecule has 0 aliphatic rings. The summed E-state index contributed by atoms with van der Waals surface area (Å²) in [6.07, 6.45) is 1.44. The van der Waals surface area contributed by atoms with Gasteiger partial charge in [0.15, 0.2) is 0 Å². The highest BCUT2D eigenvalue weighted by Gasteiger charge is 2.17. The van der Waals surface area contributed by atoms with E-state index in [2.05, 4.69) is 11.3 Å². The summed E-state index contributed by atoms with van der Waals surface area (Å²) in [5, 5.41) is 4.91. The summed E-state index contributed by atoms with van der Waals surface area (Å²) in [7, 11) is -7.51. The minimum absolute atomic E-state index is 0.0383. The van der Waals surface area contributed by atoms with Crippen LogP contribution in [0.1, 0.15) is 6.92 Å². The summed E-state index contributed by atoms with van der Waals surface area (Å²) in [4.78, 5) is -0.179. The van der Waals surface area contributed by atoms with E-state index in [-0.39, 0.29) is 9.79 Å². The third-order valence-corrected chi connectivity index (χ3v) is 4.66. The Morgan fingerprint density at radius 1 is 1.17 bits per heavy atom. The van der Waals surface area contributed by atoms with Crippen LogP contribution in [0.4, 0.5) is 0 Å². The summed E-state index contributed by atoms with van der Waals surface area (Å²) >= 11 is 0. The number of benzene rings is 1. The molecule has 0 saturated carbocycles. The first-order chi connectivity index (χ1) is 8.16. The van der Waals surface area contributed by atoms with Crippen LogP contribution < -0.4 is 9.86 Å². The molecule has 1 rings (SSSR count). The van der Waals surface area contributed by atoms with E-state index in [9.17, 15) is 16.8 Å². The van der Waals surface area contributed by atoms with Crippen molar-refractivity contribution in [3.63, 3.8) is 0 Å². The minimum Gasteiger partial charge on any atom is -0.225 e. The van der Waals surface area contributed by atoms with E-state index < -0.39 is 26.1 Å². The van der Waals surface area contributed by atoms with Gasteiger partial charge in [-0.25, -0.2) is 26.7 Å². The lowest BCUT2D eigenvalue weighted by molar-refractivity contribution is 0.575. The Morgan fingerprint density at radius 3 is 2.00 bits per heavy atom. The first-order valence-electron chi connectivity index (χ1n) is 4.94. The molecule has 100 valence electrons. The molecule has 0 bridgehead atoms. The molecule has 1 unspecified atom stereocenters. The number of hydrogen-bond acceptors (Lipinski definition) is 4. The zero-order valence-corrected chi connectivity index (χ0v) is 11.3. The van der Waals surface area contributed by atoms with Gasteiger partial charge in [-0.3, -0.25) is 0 Å². The summed E-state index contributed by atoms with van der Waals surface area (Å²) < 4.78 is 48.0. The standard InChI is InChI=1S/C10H14N2O4S2/c1-3-8(2)12-18(15,16)10-6-4-9(5-7-10)17(11,13)14/h3-8,12H,1H2,2H3,(H2,11,13,14). The van der Waals surface area contributed by atoms with Crippen LogP contribution in [0.2, 0.25) is 0 Å². The van der Waals surface area contributed by atoms with Gasteiger partial charge in [0, 0.05) is 6.04 Å². The van der Waals surface area contributed by atoms with Gasteiger partial charge in [0.1, 0.15) is 0 Å². The zero-order valence-electron chi connectivity index (χ0n) is 9.70. The molecule has 0 aliphatic carbocycles. The van der Waals surface area contributed by atoms with Gasteiger partial charge in [-0.1, -0.05) is 6.08 Å². The van der Waals surface area contributed by atoms with Crippen LogP contribution in [0, 0.1) is 0 Å². The monoisotopic (exact) mass is 290 g/mol. The lowest BCUT2D eigenvalue weighted by Gasteiger charge is -2.10. The van der Waals surface area contributed by atoms with Crippen molar-refractivity contribution in [1.82, 2.24) is 4.72 Å². The maximum atomic E-state index is 11.8. The van der Waals surface area contributed by atoms with Crippen molar-refractivity contribution in [2.45, 2.75) is 22.8 Å². The molecular weight excluding hydrogens is 276 g/mol. The number of primary sulfonamides is 1. The maximum absolute atomic E-state index is 11.8. The number of nitrogens with two attached hydrogens (primary N) is 1. The van der Waals surface area contributed by atoms with Crippen molar-refractivity contribution < 1.29 is 16.8 Å². The number of rotatable bonds is 5. The highest BCUT2D eigenvalue weighted by Crippen LogP contribution is 2.13. The Bertz CT molecular complexity index is 633. The second-order valence-electron chi connectivity index (χ2n) is 3.66. The van der Waals surface area contributed by atoms with E-state index in [1.54, 1.807) is 6.92 Å². The van der Waals surface area contributed by atoms with Gasteiger partial charge < -0.3 is 0 Å². The van der Waals surface area contributed by atoms with Gasteiger partial charge in [0.05, 0.1) is 9.79 Å². The largest absolute Gasteiger partial charge is 0.241 e. The first kappa shape index (κ1) is 14.8. The van der Waals surface area contributed by atoms with Crippen LogP contribution in [-0.4, -0.2) is 22.9 Å². The van der Waals surface area contributed by atoms with Crippen LogP contribution in [0.25, 0.3) is 0 Å². The first-order valence-corrected chi connectivity index (χ1v) is 7.97. The summed E-state index contributed by atoms with van der Waals surface area (Å²) in [5.41, 5.74) is 0. The van der Waals surface area contributed by atoms with Crippen LogP contribution in [0.3, 0.4) is 0 Å². The average Bonchev–Trinajstić information content (AvgIpc) is 2.27. The number of sulfonamides is 2. The second kappa shape index (κ2) is 5.19. The van der Waals surface area contributed by atoms with Gasteiger partial charge in [0.25, 0.3) is 0 Å². The van der Waals surface area contributed by atoms with Crippen LogP contribution in [0.15, 0.2) is 46.7 Å². The Hall–Kier alpha value is -1.22. The molecule has 0 amide bonds. The molecule has 0 heterocycles. The second-order valence-corrected chi connectivity index (χ2v) is 6.94. The smallest absolute Gasteiger partial charge is 0.225 e. The lowest BCUT2D eigenvalue weighted by atomic mass is 10.4. The van der Waals surface area contributed by atoms with Crippen molar-refractivity contribution in [2.75, 3.05) is 0 Å². The molecular formula is C10H14N2O4S2. The lowest BCUT2D eigenvalue weighted by Crippen LogP contribution is -2.31. The summed E-state index contributed by atoms with van der Waals surface area (Å²) in [6.45, 7) is 5.09. The third-order valence-electron chi connectivity index (χ3n) is 2.16. The fraction of sp³-hybridized carbons (Fsp3) is 0.200. The fourth-order valence-electron chi connectivity index (χ4n) is 1.17. The van der Waals surface area contributed by atoms with Gasteiger partial charge in [-0.2, -0.15) is 0 Å². The molecule has 18 heavy (non-hydrogen) atoms. The molecule has 0 saturated heterocycles. The average molecular weight is 290 g/mol. The van der Waals surface area contributed by atoms with Crippen molar-refractivity contribution in [1.29, 1.82) is 0 Å². The van der Waals surface area contributed by atoms with Crippen LogP contribution in [-0.2, 0) is 20.0 Å². The topological polar surface area (TPSA) is 106 Å². The predicted molar refractivity (Wildman–Crippen MR) is 67.8 cm³/mol. The molecule has 0 aromatic heterocycles. The van der Waals surface area contributed by atoms with E-state index in [4.69, 9.17) is 5.14 Å². The fourth-order valence-corrected chi connectivity index (χ4v) is 2.90. The van der Waals surface area contributed by atoms with Crippen molar-refractivity contribution in [3.05, 3.63) is 36.9 Å². The van der Waals surface area contributed by atoms with E-state index in [1.807, 2.05) is 0 Å². The van der Waals surface area contributed by atoms with Gasteiger partial charge in [-0.15, -0.1) is 6.58 Å². The number of hydrogen-bond donors (Lipinski definition) is 2. The van der Waals surface area contributed by atoms with Crippen LogP contribution in [0.5, 0.6) is 0 Å². The molecule has 8 heteroatoms. The molecule has 0 fully saturated rings. The Morgan fingerprint density at radius 2 is 1.61 bits per heavy atom. The third kappa shape index (κ3) is 3.64. The van der Waals surface area contributed by atoms with Crippen molar-refractivity contribution in [2.24, 2.45) is 5.14 Å². The van der Waals surface area contributed by atoms with Crippen LogP contribution >= 0.6 is 0 Å². The molecule has 1 atom stereocenters. The van der Waals surface area contributed by atoms with E-state index in [0.29, 0.717) is 0 Å². The predicted octanol–water partition coefficient (Wildman–Crippen LogP) is 0.187. The molecule has 1 aromatic rings. The van der Waals surface area contributed by atoms with Gasteiger partial charge in [-0.05, 0) is 31.2 Å². The van der Waals surface area contributed by atoms with E-state index in [0.717, 1.165) is 12.1 Å². The normalized spacial score (nSPS) is 14.1. The van der Waals surface area contributed by atoms with Gasteiger partial charge >= 0.3 is 0 Å². The molecule has 0 spiro atoms. The summed E-state index contributed by atoms with van der Waals surface area (Å²) in [6, 6.07) is 4.22. The zero-order chi connectivity index (χ0) is 14.0.